The van der Waals surface area contributed by atoms with Gasteiger partial charge in [0.25, 0.3) is 0 Å². The van der Waals surface area contributed by atoms with Gasteiger partial charge in [0.1, 0.15) is 8.39 Å². The van der Waals surface area contributed by atoms with Gasteiger partial charge in [-0.05, 0) is 4.98 Å². The van der Waals surface area contributed by atoms with Crippen molar-refractivity contribution < 1.29 is 8.15 Å². The Labute approximate surface area is 58.5 Å². The van der Waals surface area contributed by atoms with Crippen molar-refractivity contribution in [3.8, 4) is 0 Å². The first kappa shape index (κ1) is 3.50. The summed E-state index contributed by atoms with van der Waals surface area (Å²) >= 11 is 0. The van der Waals surface area contributed by atoms with Crippen LogP contribution in [-0.4, -0.2) is 19.9 Å². The van der Waals surface area contributed by atoms with Gasteiger partial charge in [-0.25, -0.2) is 4.98 Å². The quantitative estimate of drug-likeness (QED) is 0.391. The molecule has 0 bridgehead atoms. The molecule has 4 N–H and O–H groups in total. The maximum Gasteiger partial charge on any atom is 0.345 e. The summed E-state index contributed by atoms with van der Waals surface area (Å²) in [6.45, 7) is 0. The number of hydrogen-bond acceptors (Lipinski definition) is 2. The molecule has 0 aromatic carbocycles. The van der Waals surface area contributed by atoms with E-state index in [1.807, 2.05) is 0 Å². The van der Waals surface area contributed by atoms with E-state index in [1.54, 1.807) is 0 Å². The predicted molar refractivity (Wildman–Crippen MR) is 33.3 cm³/mol. The predicted octanol–water partition coefficient (Wildman–Crippen LogP) is -2.05. The summed E-state index contributed by atoms with van der Waals surface area (Å²) in [4.78, 5) is 12.6. The highest BCUT2D eigenvalue weighted by Gasteiger charge is 2.01. The smallest absolute Gasteiger partial charge is 0.330 e. The Morgan fingerprint density at radius 2 is 2.10 bits per heavy atom. The zero-order valence-electron chi connectivity index (χ0n) is 6.97. The second-order valence-corrected chi connectivity index (χ2v) is 1.81. The molecule has 50 valence electrons. The topological polar surface area (TPSA) is 82.9 Å². The minimum absolute atomic E-state index is 0.000324. The molecule has 2 heterocycles. The Bertz CT molecular complexity index is 484. The molecular weight excluding hydrogens is 130 g/mol. The van der Waals surface area contributed by atoms with Gasteiger partial charge in [0.15, 0.2) is 5.52 Å². The lowest BCUT2D eigenvalue weighted by atomic mass is 10.5. The molecule has 0 aliphatic heterocycles. The summed E-state index contributed by atoms with van der Waals surface area (Å²) in [5, 5.41) is 5.45. The van der Waals surface area contributed by atoms with Crippen molar-refractivity contribution in [1.82, 2.24) is 19.9 Å². The van der Waals surface area contributed by atoms with Crippen LogP contribution in [0, 0.1) is 0 Å². The van der Waals surface area contributed by atoms with E-state index in [4.69, 9.17) is 8.15 Å². The Balaban J connectivity index is 2.98. The van der Waals surface area contributed by atoms with Crippen LogP contribution in [0.15, 0.2) is 12.6 Å². The lowest BCUT2D eigenvalue weighted by molar-refractivity contribution is -0.176. The molecule has 0 aliphatic rings. The summed E-state index contributed by atoms with van der Waals surface area (Å²) in [6, 6.07) is 0. The van der Waals surface area contributed by atoms with Crippen LogP contribution in [0.1, 0.15) is 2.74 Å². The second-order valence-electron chi connectivity index (χ2n) is 1.81. The van der Waals surface area contributed by atoms with Gasteiger partial charge in [-0.2, -0.15) is 0 Å². The van der Waals surface area contributed by atoms with Crippen LogP contribution in [0.25, 0.3) is 11.2 Å². The average molecular weight is 138 g/mol. The van der Waals surface area contributed by atoms with Gasteiger partial charge in [-0.3, -0.25) is 5.41 Å². The normalized spacial score (nSPS) is 13.2. The fraction of sp³-hybridized carbons (Fsp3) is 0. The summed E-state index contributed by atoms with van der Waals surface area (Å²) in [5.74, 6) is 0. The first-order chi connectivity index (χ1) is 5.66. The molecule has 0 atom stereocenters. The summed E-state index contributed by atoms with van der Waals surface area (Å²) in [6.07, 6.45) is -0.0519. The van der Waals surface area contributed by atoms with Crippen molar-refractivity contribution >= 4 is 11.2 Å². The maximum absolute atomic E-state index is 7.17. The number of H-pyrrole nitrogens is 2. The molecule has 0 fully saturated rings. The fourth-order valence-electron chi connectivity index (χ4n) is 0.728. The Hall–Kier alpha value is -1.65. The molecule has 0 aliphatic carbocycles. The van der Waals surface area contributed by atoms with Gasteiger partial charge >= 0.3 is 5.49 Å². The minimum Gasteiger partial charge on any atom is -0.330 e. The van der Waals surface area contributed by atoms with Crippen molar-refractivity contribution in [3.05, 3.63) is 18.1 Å². The molecule has 2 aromatic rings. The zero-order valence-corrected chi connectivity index (χ0v) is 4.97. The van der Waals surface area contributed by atoms with E-state index in [0.29, 0.717) is 11.2 Å². The summed E-state index contributed by atoms with van der Waals surface area (Å²) in [5.41, 5.74) is 1.01. The van der Waals surface area contributed by atoms with Crippen LogP contribution in [0.4, 0.5) is 0 Å². The number of nitrogens with two attached hydrogens (primary N) is 1. The van der Waals surface area contributed by atoms with E-state index in [-0.39, 0.29) is 18.1 Å². The van der Waals surface area contributed by atoms with Gasteiger partial charge in [0.05, 0.1) is 6.30 Å². The Morgan fingerprint density at radius 3 is 2.90 bits per heavy atom. The standard InChI is InChI=1S/C5H5N5/c6-4-3-5(9-1-7-3)10-2-8-4/h1-2H,(H3,6,7,8,9,10)/p+1/i1D,2D. The highest BCUT2D eigenvalue weighted by atomic mass is 15.0. The molecule has 5 heteroatoms. The van der Waals surface area contributed by atoms with Gasteiger partial charge in [-0.15, -0.1) is 0 Å². The van der Waals surface area contributed by atoms with E-state index in [0.717, 1.165) is 0 Å². The number of hydrogen-bond donors (Lipinski definition) is 3. The third kappa shape index (κ3) is 0.540. The number of imidazole rings is 1. The molecule has 2 rings (SSSR count). The van der Waals surface area contributed by atoms with Gasteiger partial charge in [0.2, 0.25) is 6.30 Å². The largest absolute Gasteiger partial charge is 0.345 e. The van der Waals surface area contributed by atoms with Gasteiger partial charge in [-0.1, -0.05) is 0 Å². The monoisotopic (exact) mass is 138 g/mol. The van der Waals surface area contributed by atoms with Crippen molar-refractivity contribution in [2.45, 2.75) is 0 Å². The van der Waals surface area contributed by atoms with E-state index in [1.165, 1.54) is 0 Å². The highest BCUT2D eigenvalue weighted by molar-refractivity contribution is 5.66. The maximum atomic E-state index is 7.17. The first-order valence-electron chi connectivity index (χ1n) is 3.68. The molecule has 0 spiro atoms. The summed E-state index contributed by atoms with van der Waals surface area (Å²) in [7, 11) is 0. The van der Waals surface area contributed by atoms with Crippen LogP contribution in [0.5, 0.6) is 0 Å². The van der Waals surface area contributed by atoms with E-state index >= 15 is 0 Å². The first-order valence-corrected chi connectivity index (χ1v) is 2.68. The van der Waals surface area contributed by atoms with E-state index in [2.05, 4.69) is 19.9 Å². The van der Waals surface area contributed by atoms with Crippen molar-refractivity contribution in [2.75, 3.05) is 0 Å². The molecule has 0 unspecified atom stereocenters. The van der Waals surface area contributed by atoms with E-state index < -0.39 is 0 Å². The second kappa shape index (κ2) is 1.66. The molecular formula is C5H6N5+. The number of aromatic nitrogens is 4. The molecule has 0 saturated heterocycles. The molecule has 10 heavy (non-hydrogen) atoms. The SMILES string of the molecule is [2H]c1nc(=[NH2+])c2nc([2H])[nH]c2[nH]1. The molecule has 0 saturated carbocycles. The van der Waals surface area contributed by atoms with Crippen LogP contribution in [0.2, 0.25) is 0 Å². The Kier molecular flexibility index (Phi) is 0.582. The van der Waals surface area contributed by atoms with Crippen molar-refractivity contribution in [2.24, 2.45) is 0 Å². The number of rotatable bonds is 0. The molecule has 0 radical (unpaired) electrons. The van der Waals surface area contributed by atoms with E-state index in [9.17, 15) is 0 Å². The van der Waals surface area contributed by atoms with Gasteiger partial charge < -0.3 is 9.97 Å². The molecule has 0 amide bonds. The van der Waals surface area contributed by atoms with Gasteiger partial charge in [0, 0.05) is 0 Å². The van der Waals surface area contributed by atoms with Crippen molar-refractivity contribution in [3.63, 3.8) is 0 Å². The average Bonchev–Trinajstić information content (AvgIpc) is 2.29. The van der Waals surface area contributed by atoms with Crippen LogP contribution >= 0.6 is 0 Å². The van der Waals surface area contributed by atoms with Crippen molar-refractivity contribution in [1.29, 1.82) is 0 Å². The third-order valence-corrected chi connectivity index (χ3v) is 1.19. The molecule has 2 aromatic heterocycles. The number of nitrogens with zero attached hydrogens (tertiary/aromatic N) is 2. The third-order valence-electron chi connectivity index (χ3n) is 1.19. The number of nitrogens with one attached hydrogen (secondary N) is 2. The zero-order chi connectivity index (χ0) is 8.72. The van der Waals surface area contributed by atoms with Crippen LogP contribution < -0.4 is 10.9 Å². The fourth-order valence-corrected chi connectivity index (χ4v) is 0.728. The highest BCUT2D eigenvalue weighted by Crippen LogP contribution is 1.93. The minimum atomic E-state index is -0.0522. The Morgan fingerprint density at radius 1 is 1.40 bits per heavy atom. The summed E-state index contributed by atoms with van der Waals surface area (Å²) < 4.78 is 14.3. The number of aromatic amines is 2. The molecule has 5 nitrogen and oxygen atoms in total. The lowest BCUT2D eigenvalue weighted by Gasteiger charge is -1.78. The lowest BCUT2D eigenvalue weighted by Crippen LogP contribution is -2.47. The van der Waals surface area contributed by atoms with Crippen LogP contribution in [-0.2, 0) is 0 Å². The number of fused-ring (bicyclic) bond motifs is 1. The van der Waals surface area contributed by atoms with Crippen LogP contribution in [0.3, 0.4) is 0 Å².